The standard InChI is InChI=1S/C19H28N2/c1-2-5-21-19(15-4-3-6-20-12-15)18-16-8-13-7-14(10-16)11-17(18)9-13/h3-4,6,12-14,16-19,21H,2,5,7-11H2,1H3. The van der Waals surface area contributed by atoms with E-state index >= 15 is 0 Å². The van der Waals surface area contributed by atoms with E-state index in [1.54, 1.807) is 6.42 Å². The first-order chi connectivity index (χ1) is 10.3. The number of pyridine rings is 1. The SMILES string of the molecule is CCCNC(c1cccnc1)C1C2CC3CC(C2)CC1C3. The second kappa shape index (κ2) is 5.72. The lowest BCUT2D eigenvalue weighted by molar-refractivity contribution is -0.0525. The lowest BCUT2D eigenvalue weighted by Crippen LogP contribution is -2.49. The van der Waals surface area contributed by atoms with Gasteiger partial charge in [-0.25, -0.2) is 0 Å². The quantitative estimate of drug-likeness (QED) is 0.876. The third kappa shape index (κ3) is 2.52. The summed E-state index contributed by atoms with van der Waals surface area (Å²) >= 11 is 0. The van der Waals surface area contributed by atoms with Gasteiger partial charge in [0, 0.05) is 18.4 Å². The first-order valence-corrected chi connectivity index (χ1v) is 8.98. The van der Waals surface area contributed by atoms with E-state index in [1.807, 2.05) is 6.20 Å². The zero-order valence-electron chi connectivity index (χ0n) is 13.2. The summed E-state index contributed by atoms with van der Waals surface area (Å²) in [6.07, 6.45) is 12.8. The van der Waals surface area contributed by atoms with Crippen molar-refractivity contribution in [3.63, 3.8) is 0 Å². The molecule has 21 heavy (non-hydrogen) atoms. The van der Waals surface area contributed by atoms with Crippen LogP contribution in [0.4, 0.5) is 0 Å². The van der Waals surface area contributed by atoms with Gasteiger partial charge >= 0.3 is 0 Å². The Bertz CT molecular complexity index is 442. The van der Waals surface area contributed by atoms with Gasteiger partial charge in [0.1, 0.15) is 0 Å². The van der Waals surface area contributed by atoms with Crippen LogP contribution in [0.2, 0.25) is 0 Å². The fourth-order valence-electron chi connectivity index (χ4n) is 5.85. The normalized spacial score (nSPS) is 38.6. The van der Waals surface area contributed by atoms with Crippen LogP contribution in [0.3, 0.4) is 0 Å². The van der Waals surface area contributed by atoms with Crippen molar-refractivity contribution in [2.45, 2.75) is 51.5 Å². The molecule has 2 heteroatoms. The highest BCUT2D eigenvalue weighted by atomic mass is 14.9. The van der Waals surface area contributed by atoms with Crippen molar-refractivity contribution in [1.29, 1.82) is 0 Å². The van der Waals surface area contributed by atoms with Crippen LogP contribution >= 0.6 is 0 Å². The Labute approximate surface area is 128 Å². The summed E-state index contributed by atoms with van der Waals surface area (Å²) < 4.78 is 0. The van der Waals surface area contributed by atoms with Crippen LogP contribution < -0.4 is 5.32 Å². The minimum absolute atomic E-state index is 0.536. The molecule has 1 atom stereocenters. The molecule has 1 unspecified atom stereocenters. The van der Waals surface area contributed by atoms with E-state index in [2.05, 4.69) is 35.6 Å². The Morgan fingerprint density at radius 2 is 1.86 bits per heavy atom. The van der Waals surface area contributed by atoms with Crippen molar-refractivity contribution in [1.82, 2.24) is 10.3 Å². The van der Waals surface area contributed by atoms with Gasteiger partial charge < -0.3 is 5.32 Å². The van der Waals surface area contributed by atoms with Crippen molar-refractivity contribution in [2.75, 3.05) is 6.54 Å². The number of nitrogens with one attached hydrogen (secondary N) is 1. The smallest absolute Gasteiger partial charge is 0.0369 e. The summed E-state index contributed by atoms with van der Waals surface area (Å²) in [5.74, 6) is 4.91. The Hall–Kier alpha value is -0.890. The molecule has 0 spiro atoms. The molecule has 1 aromatic rings. The average Bonchev–Trinajstić information content (AvgIpc) is 2.50. The molecule has 4 aliphatic carbocycles. The molecule has 0 aromatic carbocycles. The first-order valence-electron chi connectivity index (χ1n) is 8.98. The second-order valence-electron chi connectivity index (χ2n) is 7.73. The molecule has 4 fully saturated rings. The van der Waals surface area contributed by atoms with Crippen molar-refractivity contribution in [3.05, 3.63) is 30.1 Å². The molecule has 0 radical (unpaired) electrons. The monoisotopic (exact) mass is 284 g/mol. The fourth-order valence-corrected chi connectivity index (χ4v) is 5.85. The van der Waals surface area contributed by atoms with Gasteiger partial charge in [-0.2, -0.15) is 0 Å². The van der Waals surface area contributed by atoms with Crippen LogP contribution in [0.15, 0.2) is 24.5 Å². The Balaban J connectivity index is 1.61. The Morgan fingerprint density at radius 3 is 2.43 bits per heavy atom. The van der Waals surface area contributed by atoms with Crippen LogP contribution in [0, 0.1) is 29.6 Å². The van der Waals surface area contributed by atoms with Gasteiger partial charge in [0.05, 0.1) is 0 Å². The lowest BCUT2D eigenvalue weighted by atomic mass is 9.50. The van der Waals surface area contributed by atoms with Crippen molar-refractivity contribution < 1.29 is 0 Å². The minimum Gasteiger partial charge on any atom is -0.310 e. The topological polar surface area (TPSA) is 24.9 Å². The molecule has 2 nitrogen and oxygen atoms in total. The van der Waals surface area contributed by atoms with Crippen LogP contribution in [-0.4, -0.2) is 11.5 Å². The summed E-state index contributed by atoms with van der Waals surface area (Å²) in [4.78, 5) is 4.39. The lowest BCUT2D eigenvalue weighted by Gasteiger charge is -2.56. The summed E-state index contributed by atoms with van der Waals surface area (Å²) in [5.41, 5.74) is 1.42. The molecule has 114 valence electrons. The summed E-state index contributed by atoms with van der Waals surface area (Å²) in [6.45, 7) is 3.40. The highest BCUT2D eigenvalue weighted by Crippen LogP contribution is 2.59. The summed E-state index contributed by atoms with van der Waals surface area (Å²) in [6, 6.07) is 4.92. The molecule has 1 heterocycles. The van der Waals surface area contributed by atoms with Gasteiger partial charge in [0.15, 0.2) is 0 Å². The Kier molecular flexibility index (Phi) is 3.74. The summed E-state index contributed by atoms with van der Waals surface area (Å²) in [5, 5.41) is 3.87. The number of nitrogens with zero attached hydrogens (tertiary/aromatic N) is 1. The third-order valence-corrected chi connectivity index (χ3v) is 6.34. The van der Waals surface area contributed by atoms with Crippen molar-refractivity contribution in [2.24, 2.45) is 29.6 Å². The zero-order valence-corrected chi connectivity index (χ0v) is 13.2. The van der Waals surface area contributed by atoms with Gasteiger partial charge in [-0.1, -0.05) is 13.0 Å². The van der Waals surface area contributed by atoms with Crippen LogP contribution in [0.5, 0.6) is 0 Å². The van der Waals surface area contributed by atoms with E-state index in [1.165, 1.54) is 37.7 Å². The van der Waals surface area contributed by atoms with E-state index in [-0.39, 0.29) is 0 Å². The molecular formula is C19H28N2. The molecule has 1 aromatic heterocycles. The maximum Gasteiger partial charge on any atom is 0.0369 e. The van der Waals surface area contributed by atoms with Gasteiger partial charge in [-0.05, 0) is 86.3 Å². The van der Waals surface area contributed by atoms with Crippen molar-refractivity contribution >= 4 is 0 Å². The largest absolute Gasteiger partial charge is 0.310 e. The molecule has 4 aliphatic rings. The predicted molar refractivity (Wildman–Crippen MR) is 85.8 cm³/mol. The van der Waals surface area contributed by atoms with Crippen LogP contribution in [0.25, 0.3) is 0 Å². The van der Waals surface area contributed by atoms with Gasteiger partial charge in [-0.15, -0.1) is 0 Å². The molecule has 0 aliphatic heterocycles. The number of hydrogen-bond donors (Lipinski definition) is 1. The summed E-state index contributed by atoms with van der Waals surface area (Å²) in [7, 11) is 0. The van der Waals surface area contributed by atoms with Gasteiger partial charge in [0.2, 0.25) is 0 Å². The van der Waals surface area contributed by atoms with Crippen molar-refractivity contribution in [3.8, 4) is 0 Å². The fraction of sp³-hybridized carbons (Fsp3) is 0.737. The number of hydrogen-bond acceptors (Lipinski definition) is 2. The average molecular weight is 284 g/mol. The van der Waals surface area contributed by atoms with E-state index in [4.69, 9.17) is 0 Å². The van der Waals surface area contributed by atoms with E-state index in [0.717, 1.165) is 36.1 Å². The molecule has 0 amide bonds. The van der Waals surface area contributed by atoms with Crippen LogP contribution in [0.1, 0.15) is 57.1 Å². The molecular weight excluding hydrogens is 256 g/mol. The zero-order chi connectivity index (χ0) is 14.2. The van der Waals surface area contributed by atoms with Crippen LogP contribution in [-0.2, 0) is 0 Å². The Morgan fingerprint density at radius 1 is 1.14 bits per heavy atom. The van der Waals surface area contributed by atoms with E-state index in [9.17, 15) is 0 Å². The molecule has 5 rings (SSSR count). The van der Waals surface area contributed by atoms with Gasteiger partial charge in [0.25, 0.3) is 0 Å². The second-order valence-corrected chi connectivity index (χ2v) is 7.73. The number of aromatic nitrogens is 1. The molecule has 4 saturated carbocycles. The molecule has 1 N–H and O–H groups in total. The van der Waals surface area contributed by atoms with Gasteiger partial charge in [-0.3, -0.25) is 4.98 Å². The maximum atomic E-state index is 4.39. The molecule has 4 bridgehead atoms. The highest BCUT2D eigenvalue weighted by Gasteiger charge is 2.50. The first kappa shape index (κ1) is 13.8. The maximum absolute atomic E-state index is 4.39. The predicted octanol–water partition coefficient (Wildman–Crippen LogP) is 4.19. The number of rotatable bonds is 5. The minimum atomic E-state index is 0.536. The van der Waals surface area contributed by atoms with E-state index in [0.29, 0.717) is 6.04 Å². The highest BCUT2D eigenvalue weighted by molar-refractivity contribution is 5.17. The van der Waals surface area contributed by atoms with E-state index < -0.39 is 0 Å². The third-order valence-electron chi connectivity index (χ3n) is 6.34. The molecule has 0 saturated heterocycles.